The second kappa shape index (κ2) is 8.44. The number of rotatable bonds is 6. The minimum Gasteiger partial charge on any atom is -0.435 e. The standard InChI is InChI=1S/C16H13ClF2INO2/c17-11-3-6-14(20)13(9-11)15(22)21-8-7-10-1-4-12(5-2-10)23-16(18)19/h1-6,9,16H,7-8H2,(H,21,22). The Morgan fingerprint density at radius 1 is 1.22 bits per heavy atom. The van der Waals surface area contributed by atoms with Crippen molar-refractivity contribution in [3.63, 3.8) is 0 Å². The van der Waals surface area contributed by atoms with E-state index in [-0.39, 0.29) is 11.7 Å². The van der Waals surface area contributed by atoms with E-state index in [1.807, 2.05) is 0 Å². The SMILES string of the molecule is O=C(NCCc1ccc(OC(F)F)cc1)c1cc(Cl)ccc1I. The van der Waals surface area contributed by atoms with Crippen LogP contribution in [0.2, 0.25) is 5.02 Å². The summed E-state index contributed by atoms with van der Waals surface area (Å²) in [6.45, 7) is -2.41. The highest BCUT2D eigenvalue weighted by molar-refractivity contribution is 14.1. The van der Waals surface area contributed by atoms with Crippen LogP contribution in [-0.2, 0) is 6.42 Å². The molecule has 0 spiro atoms. The van der Waals surface area contributed by atoms with Gasteiger partial charge in [0.15, 0.2) is 0 Å². The molecule has 0 aliphatic carbocycles. The van der Waals surface area contributed by atoms with Crippen molar-refractivity contribution in [2.24, 2.45) is 0 Å². The summed E-state index contributed by atoms with van der Waals surface area (Å²) in [6.07, 6.45) is 0.581. The number of benzene rings is 2. The summed E-state index contributed by atoms with van der Waals surface area (Å²) in [4.78, 5) is 12.1. The van der Waals surface area contributed by atoms with Gasteiger partial charge in [0.1, 0.15) is 5.75 Å². The Balaban J connectivity index is 1.87. The summed E-state index contributed by atoms with van der Waals surface area (Å²) >= 11 is 7.97. The number of amides is 1. The Kier molecular flexibility index (Phi) is 6.59. The van der Waals surface area contributed by atoms with Crippen LogP contribution in [0.3, 0.4) is 0 Å². The minimum absolute atomic E-state index is 0.112. The third kappa shape index (κ3) is 5.62. The molecule has 2 aromatic rings. The molecule has 2 rings (SSSR count). The van der Waals surface area contributed by atoms with Gasteiger partial charge in [-0.2, -0.15) is 8.78 Å². The van der Waals surface area contributed by atoms with Crippen molar-refractivity contribution in [1.82, 2.24) is 5.32 Å². The molecule has 1 amide bonds. The van der Waals surface area contributed by atoms with E-state index in [1.54, 1.807) is 30.3 Å². The highest BCUT2D eigenvalue weighted by Gasteiger charge is 2.10. The van der Waals surface area contributed by atoms with Crippen molar-refractivity contribution in [1.29, 1.82) is 0 Å². The topological polar surface area (TPSA) is 38.3 Å². The largest absolute Gasteiger partial charge is 0.435 e. The van der Waals surface area contributed by atoms with Gasteiger partial charge in [-0.15, -0.1) is 0 Å². The van der Waals surface area contributed by atoms with Gasteiger partial charge in [0.25, 0.3) is 5.91 Å². The third-order valence-corrected chi connectivity index (χ3v) is 4.20. The predicted molar refractivity (Wildman–Crippen MR) is 93.3 cm³/mol. The van der Waals surface area contributed by atoms with E-state index in [2.05, 4.69) is 32.6 Å². The van der Waals surface area contributed by atoms with Crippen molar-refractivity contribution in [2.75, 3.05) is 6.54 Å². The van der Waals surface area contributed by atoms with Gasteiger partial charge in [0.2, 0.25) is 0 Å². The van der Waals surface area contributed by atoms with Crippen molar-refractivity contribution >= 4 is 40.1 Å². The molecule has 0 atom stereocenters. The Morgan fingerprint density at radius 2 is 1.91 bits per heavy atom. The fourth-order valence-corrected chi connectivity index (χ4v) is 2.68. The average Bonchev–Trinajstić information content (AvgIpc) is 2.51. The summed E-state index contributed by atoms with van der Waals surface area (Å²) < 4.78 is 29.2. The van der Waals surface area contributed by atoms with Gasteiger partial charge in [-0.05, 0) is 64.9 Å². The third-order valence-electron chi connectivity index (χ3n) is 3.02. The maximum absolute atomic E-state index is 12.1. The van der Waals surface area contributed by atoms with E-state index in [0.29, 0.717) is 23.6 Å². The molecule has 1 N–H and O–H groups in total. The van der Waals surface area contributed by atoms with Crippen LogP contribution < -0.4 is 10.1 Å². The maximum atomic E-state index is 12.1. The van der Waals surface area contributed by atoms with Crippen LogP contribution in [-0.4, -0.2) is 19.1 Å². The molecule has 0 aliphatic heterocycles. The van der Waals surface area contributed by atoms with Gasteiger partial charge in [-0.3, -0.25) is 4.79 Å². The number of halogens is 4. The molecule has 122 valence electrons. The van der Waals surface area contributed by atoms with Crippen LogP contribution in [0.25, 0.3) is 0 Å². The van der Waals surface area contributed by atoms with Gasteiger partial charge in [0.05, 0.1) is 5.56 Å². The predicted octanol–water partition coefficient (Wildman–Crippen LogP) is 4.52. The molecule has 2 aromatic carbocycles. The van der Waals surface area contributed by atoms with E-state index in [4.69, 9.17) is 11.6 Å². The highest BCUT2D eigenvalue weighted by atomic mass is 127. The van der Waals surface area contributed by atoms with Crippen molar-refractivity contribution in [2.45, 2.75) is 13.0 Å². The summed E-state index contributed by atoms with van der Waals surface area (Å²) in [5, 5.41) is 3.31. The molecular weight excluding hydrogens is 439 g/mol. The molecule has 0 heterocycles. The van der Waals surface area contributed by atoms with Crippen LogP contribution in [0.5, 0.6) is 5.75 Å². The molecular formula is C16H13ClF2INO2. The summed E-state index contributed by atoms with van der Waals surface area (Å²) in [6, 6.07) is 11.4. The number of ether oxygens (including phenoxy) is 1. The summed E-state index contributed by atoms with van der Waals surface area (Å²) in [7, 11) is 0. The van der Waals surface area contributed by atoms with Gasteiger partial charge in [-0.1, -0.05) is 23.7 Å². The molecule has 0 unspecified atom stereocenters. The number of alkyl halides is 2. The monoisotopic (exact) mass is 451 g/mol. The van der Waals surface area contributed by atoms with E-state index in [9.17, 15) is 13.6 Å². The lowest BCUT2D eigenvalue weighted by Crippen LogP contribution is -2.26. The van der Waals surface area contributed by atoms with E-state index in [0.717, 1.165) is 9.13 Å². The Bertz CT molecular complexity index is 680. The maximum Gasteiger partial charge on any atom is 0.387 e. The molecule has 0 aliphatic rings. The second-order valence-corrected chi connectivity index (χ2v) is 6.25. The molecule has 23 heavy (non-hydrogen) atoms. The summed E-state index contributed by atoms with van der Waals surface area (Å²) in [5.74, 6) is -0.0872. The van der Waals surface area contributed by atoms with Crippen LogP contribution in [0.4, 0.5) is 8.78 Å². The first kappa shape index (κ1) is 17.9. The lowest BCUT2D eigenvalue weighted by Gasteiger charge is -2.08. The van der Waals surface area contributed by atoms with Crippen molar-refractivity contribution in [3.05, 3.63) is 62.2 Å². The lowest BCUT2D eigenvalue weighted by atomic mass is 10.1. The number of carbonyl (C=O) groups is 1. The van der Waals surface area contributed by atoms with Crippen LogP contribution in [0, 0.1) is 3.57 Å². The number of nitrogens with one attached hydrogen (secondary N) is 1. The van der Waals surface area contributed by atoms with Crippen molar-refractivity contribution in [3.8, 4) is 5.75 Å². The van der Waals surface area contributed by atoms with Crippen LogP contribution >= 0.6 is 34.2 Å². The highest BCUT2D eigenvalue weighted by Crippen LogP contribution is 2.18. The molecule has 7 heteroatoms. The van der Waals surface area contributed by atoms with E-state index < -0.39 is 6.61 Å². The fraction of sp³-hybridized carbons (Fsp3) is 0.188. The number of hydrogen-bond donors (Lipinski definition) is 1. The number of hydrogen-bond acceptors (Lipinski definition) is 2. The van der Waals surface area contributed by atoms with E-state index >= 15 is 0 Å². The van der Waals surface area contributed by atoms with Gasteiger partial charge in [0, 0.05) is 15.1 Å². The Labute approximate surface area is 151 Å². The van der Waals surface area contributed by atoms with Crippen LogP contribution in [0.1, 0.15) is 15.9 Å². The molecule has 0 radical (unpaired) electrons. The lowest BCUT2D eigenvalue weighted by molar-refractivity contribution is -0.0498. The quantitative estimate of drug-likeness (QED) is 0.656. The zero-order valence-electron chi connectivity index (χ0n) is 11.9. The van der Waals surface area contributed by atoms with Crippen molar-refractivity contribution < 1.29 is 18.3 Å². The normalized spacial score (nSPS) is 10.7. The molecule has 0 saturated heterocycles. The zero-order valence-corrected chi connectivity index (χ0v) is 14.8. The molecule has 0 bridgehead atoms. The molecule has 0 saturated carbocycles. The minimum atomic E-state index is -2.83. The Morgan fingerprint density at radius 3 is 2.57 bits per heavy atom. The van der Waals surface area contributed by atoms with E-state index in [1.165, 1.54) is 12.1 Å². The van der Waals surface area contributed by atoms with Crippen LogP contribution in [0.15, 0.2) is 42.5 Å². The molecule has 3 nitrogen and oxygen atoms in total. The van der Waals surface area contributed by atoms with Gasteiger partial charge < -0.3 is 10.1 Å². The van der Waals surface area contributed by atoms with Gasteiger partial charge >= 0.3 is 6.61 Å². The second-order valence-electron chi connectivity index (χ2n) is 4.65. The fourth-order valence-electron chi connectivity index (χ4n) is 1.92. The Hall–Kier alpha value is -1.41. The number of carbonyl (C=O) groups excluding carboxylic acids is 1. The smallest absolute Gasteiger partial charge is 0.387 e. The zero-order chi connectivity index (χ0) is 16.8. The van der Waals surface area contributed by atoms with Gasteiger partial charge in [-0.25, -0.2) is 0 Å². The first-order valence-electron chi connectivity index (χ1n) is 6.72. The summed E-state index contributed by atoms with van der Waals surface area (Å²) in [5.41, 5.74) is 1.44. The molecule has 0 aromatic heterocycles. The average molecular weight is 452 g/mol. The first-order chi connectivity index (χ1) is 11.0. The molecule has 0 fully saturated rings. The first-order valence-corrected chi connectivity index (χ1v) is 8.18.